The molecule has 3 amide bonds. The van der Waals surface area contributed by atoms with Crippen LogP contribution in [0.5, 0.6) is 0 Å². The second-order valence-electron chi connectivity index (χ2n) is 5.44. The molecule has 1 atom stereocenters. The zero-order chi connectivity index (χ0) is 13.4. The zero-order valence-corrected chi connectivity index (χ0v) is 10.4. The van der Waals surface area contributed by atoms with E-state index >= 15 is 0 Å². The first-order valence-electron chi connectivity index (χ1n) is 5.51. The van der Waals surface area contributed by atoms with E-state index in [0.29, 0.717) is 0 Å². The summed E-state index contributed by atoms with van der Waals surface area (Å²) in [7, 11) is 0. The molecule has 0 spiro atoms. The maximum atomic E-state index is 11.9. The normalized spacial score (nSPS) is 22.7. The highest BCUT2D eigenvalue weighted by molar-refractivity contribution is 6.05. The van der Waals surface area contributed by atoms with Gasteiger partial charge in [-0.05, 0) is 13.3 Å². The van der Waals surface area contributed by atoms with Gasteiger partial charge in [0.1, 0.15) is 0 Å². The standard InChI is InChI=1S/C11H19N3O3/c1-10(2)6-7(15)14(9(10)17)5-4-11(3,13)8(12)16/h4-6,13H2,1-3H3,(H2,12,16). The molecule has 0 saturated carbocycles. The molecule has 0 radical (unpaired) electrons. The first-order valence-corrected chi connectivity index (χ1v) is 5.51. The Morgan fingerprint density at radius 2 is 2.00 bits per heavy atom. The first kappa shape index (κ1) is 13.6. The topological polar surface area (TPSA) is 106 Å². The molecule has 4 N–H and O–H groups in total. The lowest BCUT2D eigenvalue weighted by Gasteiger charge is -2.24. The van der Waals surface area contributed by atoms with Crippen molar-refractivity contribution in [2.24, 2.45) is 16.9 Å². The van der Waals surface area contributed by atoms with E-state index in [0.717, 1.165) is 4.90 Å². The number of nitrogens with two attached hydrogens (primary N) is 2. The predicted molar refractivity (Wildman–Crippen MR) is 61.5 cm³/mol. The second kappa shape index (κ2) is 4.10. The molecule has 0 bridgehead atoms. The summed E-state index contributed by atoms with van der Waals surface area (Å²) in [6, 6.07) is 0. The second-order valence-corrected chi connectivity index (χ2v) is 5.44. The number of nitrogens with zero attached hydrogens (tertiary/aromatic N) is 1. The van der Waals surface area contributed by atoms with Gasteiger partial charge in [0.05, 0.1) is 11.0 Å². The average Bonchev–Trinajstić information content (AvgIpc) is 2.34. The Hall–Kier alpha value is -1.43. The third-order valence-electron chi connectivity index (χ3n) is 3.14. The van der Waals surface area contributed by atoms with E-state index in [2.05, 4.69) is 0 Å². The molecule has 0 aromatic rings. The van der Waals surface area contributed by atoms with Crippen LogP contribution in [0.1, 0.15) is 33.6 Å². The maximum Gasteiger partial charge on any atom is 0.237 e. The van der Waals surface area contributed by atoms with Crippen LogP contribution in [0.2, 0.25) is 0 Å². The summed E-state index contributed by atoms with van der Waals surface area (Å²) in [6.07, 6.45) is 0.375. The highest BCUT2D eigenvalue weighted by Gasteiger charge is 2.45. The molecule has 1 saturated heterocycles. The molecule has 6 nitrogen and oxygen atoms in total. The van der Waals surface area contributed by atoms with Gasteiger partial charge in [0.15, 0.2) is 0 Å². The van der Waals surface area contributed by atoms with Gasteiger partial charge in [-0.1, -0.05) is 13.8 Å². The van der Waals surface area contributed by atoms with Gasteiger partial charge in [-0.25, -0.2) is 0 Å². The Kier molecular flexibility index (Phi) is 3.29. The largest absolute Gasteiger partial charge is 0.368 e. The van der Waals surface area contributed by atoms with E-state index in [4.69, 9.17) is 11.5 Å². The molecule has 1 rings (SSSR count). The summed E-state index contributed by atoms with van der Waals surface area (Å²) in [5.74, 6) is -1.08. The molecule has 96 valence electrons. The Balaban J connectivity index is 2.69. The molecule has 0 aliphatic carbocycles. The lowest BCUT2D eigenvalue weighted by molar-refractivity contribution is -0.141. The van der Waals surface area contributed by atoms with Gasteiger partial charge in [0, 0.05) is 13.0 Å². The first-order chi connectivity index (χ1) is 7.58. The SMILES string of the molecule is CC1(C)CC(=O)N(CCC(C)(N)C(N)=O)C1=O. The Labute approximate surface area is 100 Å². The van der Waals surface area contributed by atoms with Crippen LogP contribution in [0.15, 0.2) is 0 Å². The molecule has 17 heavy (non-hydrogen) atoms. The summed E-state index contributed by atoms with van der Waals surface area (Å²) in [5, 5.41) is 0. The van der Waals surface area contributed by atoms with E-state index in [-0.39, 0.29) is 31.2 Å². The molecule has 1 aliphatic rings. The summed E-state index contributed by atoms with van der Waals surface area (Å²) in [6.45, 7) is 5.08. The highest BCUT2D eigenvalue weighted by atomic mass is 16.2. The van der Waals surface area contributed by atoms with Crippen molar-refractivity contribution < 1.29 is 14.4 Å². The van der Waals surface area contributed by atoms with Gasteiger partial charge >= 0.3 is 0 Å². The lowest BCUT2D eigenvalue weighted by Crippen LogP contribution is -2.51. The molecular weight excluding hydrogens is 222 g/mol. The molecule has 0 aromatic carbocycles. The number of carbonyl (C=O) groups is 3. The number of primary amides is 1. The van der Waals surface area contributed by atoms with Crippen LogP contribution in [-0.4, -0.2) is 34.7 Å². The zero-order valence-electron chi connectivity index (χ0n) is 10.4. The summed E-state index contributed by atoms with van der Waals surface area (Å²) in [5.41, 5.74) is 8.94. The summed E-state index contributed by atoms with van der Waals surface area (Å²) >= 11 is 0. The van der Waals surface area contributed by atoms with Crippen molar-refractivity contribution in [1.82, 2.24) is 4.90 Å². The van der Waals surface area contributed by atoms with Gasteiger partial charge in [-0.15, -0.1) is 0 Å². The number of amides is 3. The average molecular weight is 241 g/mol. The van der Waals surface area contributed by atoms with Crippen LogP contribution in [0.3, 0.4) is 0 Å². The fourth-order valence-corrected chi connectivity index (χ4v) is 1.72. The number of hydrogen-bond donors (Lipinski definition) is 2. The van der Waals surface area contributed by atoms with Crippen LogP contribution in [0.25, 0.3) is 0 Å². The van der Waals surface area contributed by atoms with E-state index < -0.39 is 16.9 Å². The fourth-order valence-electron chi connectivity index (χ4n) is 1.72. The third kappa shape index (κ3) is 2.63. The molecule has 1 aliphatic heterocycles. The minimum Gasteiger partial charge on any atom is -0.368 e. The van der Waals surface area contributed by atoms with Crippen LogP contribution < -0.4 is 11.5 Å². The summed E-state index contributed by atoms with van der Waals surface area (Å²) < 4.78 is 0. The van der Waals surface area contributed by atoms with Crippen molar-refractivity contribution in [3.63, 3.8) is 0 Å². The van der Waals surface area contributed by atoms with Gasteiger partial charge in [-0.2, -0.15) is 0 Å². The van der Waals surface area contributed by atoms with Crippen LogP contribution in [0, 0.1) is 5.41 Å². The molecule has 0 aromatic heterocycles. The molecule has 6 heteroatoms. The number of hydrogen-bond acceptors (Lipinski definition) is 4. The third-order valence-corrected chi connectivity index (χ3v) is 3.14. The van der Waals surface area contributed by atoms with Crippen molar-refractivity contribution in [3.8, 4) is 0 Å². The molecule has 1 unspecified atom stereocenters. The number of carbonyl (C=O) groups excluding carboxylic acids is 3. The monoisotopic (exact) mass is 241 g/mol. The quantitative estimate of drug-likeness (QED) is 0.638. The Morgan fingerprint density at radius 3 is 2.35 bits per heavy atom. The van der Waals surface area contributed by atoms with Crippen molar-refractivity contribution in [2.45, 2.75) is 39.2 Å². The smallest absolute Gasteiger partial charge is 0.237 e. The van der Waals surface area contributed by atoms with Gasteiger partial charge in [-0.3, -0.25) is 19.3 Å². The van der Waals surface area contributed by atoms with Gasteiger partial charge in [0.25, 0.3) is 0 Å². The summed E-state index contributed by atoms with van der Waals surface area (Å²) in [4.78, 5) is 35.7. The maximum absolute atomic E-state index is 11.9. The number of likely N-dealkylation sites (tertiary alicyclic amines) is 1. The van der Waals surface area contributed by atoms with Crippen molar-refractivity contribution in [1.29, 1.82) is 0 Å². The minimum absolute atomic E-state index is 0.136. The van der Waals surface area contributed by atoms with Crippen LogP contribution in [0.4, 0.5) is 0 Å². The predicted octanol–water partition coefficient (Wildman–Crippen LogP) is -0.636. The highest BCUT2D eigenvalue weighted by Crippen LogP contribution is 2.31. The molecule has 1 fully saturated rings. The Morgan fingerprint density at radius 1 is 1.47 bits per heavy atom. The van der Waals surface area contributed by atoms with Crippen molar-refractivity contribution in [3.05, 3.63) is 0 Å². The van der Waals surface area contributed by atoms with Crippen LogP contribution >= 0.6 is 0 Å². The van der Waals surface area contributed by atoms with E-state index in [9.17, 15) is 14.4 Å². The van der Waals surface area contributed by atoms with Crippen molar-refractivity contribution in [2.75, 3.05) is 6.54 Å². The van der Waals surface area contributed by atoms with Gasteiger partial charge < -0.3 is 11.5 Å². The minimum atomic E-state index is -1.20. The van der Waals surface area contributed by atoms with E-state index in [1.54, 1.807) is 13.8 Å². The number of rotatable bonds is 4. The van der Waals surface area contributed by atoms with Crippen LogP contribution in [-0.2, 0) is 14.4 Å². The van der Waals surface area contributed by atoms with Crippen molar-refractivity contribution >= 4 is 17.7 Å². The fraction of sp³-hybridized carbons (Fsp3) is 0.727. The lowest BCUT2D eigenvalue weighted by atomic mass is 9.92. The van der Waals surface area contributed by atoms with E-state index in [1.807, 2.05) is 0 Å². The Bertz CT molecular complexity index is 374. The number of imide groups is 1. The molecular formula is C11H19N3O3. The van der Waals surface area contributed by atoms with Gasteiger partial charge in [0.2, 0.25) is 17.7 Å². The molecule has 1 heterocycles. The van der Waals surface area contributed by atoms with E-state index in [1.165, 1.54) is 6.92 Å².